The topological polar surface area (TPSA) is 92.9 Å². The van der Waals surface area contributed by atoms with Crippen LogP contribution in [0.3, 0.4) is 0 Å². The van der Waals surface area contributed by atoms with Crippen LogP contribution in [0.25, 0.3) is 33.5 Å². The first-order valence-corrected chi connectivity index (χ1v) is 10.6. The molecule has 0 radical (unpaired) electrons. The van der Waals surface area contributed by atoms with E-state index in [4.69, 9.17) is 0 Å². The Labute approximate surface area is 191 Å². The summed E-state index contributed by atoms with van der Waals surface area (Å²) in [4.78, 5) is 32.6. The first-order chi connectivity index (χ1) is 15.9. The number of imidazole rings is 2. The third-order valence-electron chi connectivity index (χ3n) is 5.55. The van der Waals surface area contributed by atoms with Gasteiger partial charge in [0.05, 0.1) is 22.1 Å². The summed E-state index contributed by atoms with van der Waals surface area (Å²) in [6.07, 6.45) is 0. The second kappa shape index (κ2) is 7.98. The molecule has 1 amide bonds. The van der Waals surface area contributed by atoms with Crippen molar-refractivity contribution in [3.63, 3.8) is 0 Å². The lowest BCUT2D eigenvalue weighted by Crippen LogP contribution is -2.11. The molecule has 8 heteroatoms. The maximum Gasteiger partial charge on any atom is 0.255 e. The summed E-state index contributed by atoms with van der Waals surface area (Å²) in [7, 11) is 7.88. The highest BCUT2D eigenvalue weighted by Crippen LogP contribution is 2.25. The molecular formula is C25H25N7O. The largest absolute Gasteiger partial charge is 0.378 e. The van der Waals surface area contributed by atoms with Gasteiger partial charge >= 0.3 is 0 Å². The van der Waals surface area contributed by atoms with Crippen molar-refractivity contribution in [2.45, 2.75) is 0 Å². The van der Waals surface area contributed by atoms with Crippen molar-refractivity contribution in [2.75, 3.05) is 43.3 Å². The summed E-state index contributed by atoms with van der Waals surface area (Å²) in [6, 6.07) is 19.3. The molecule has 0 aliphatic heterocycles. The normalized spacial score (nSPS) is 11.2. The number of amides is 1. The van der Waals surface area contributed by atoms with Gasteiger partial charge < -0.3 is 25.1 Å². The average molecular weight is 440 g/mol. The number of benzene rings is 3. The van der Waals surface area contributed by atoms with Gasteiger partial charge in [-0.05, 0) is 60.7 Å². The summed E-state index contributed by atoms with van der Waals surface area (Å²) in [5.74, 6) is 1.36. The molecule has 5 rings (SSSR count). The number of aromatic nitrogens is 4. The number of aromatic amines is 2. The van der Waals surface area contributed by atoms with Crippen LogP contribution in [0, 0.1) is 0 Å². The van der Waals surface area contributed by atoms with Gasteiger partial charge in [-0.1, -0.05) is 0 Å². The summed E-state index contributed by atoms with van der Waals surface area (Å²) >= 11 is 0. The SMILES string of the molecule is CN(C)c1ccc(-c2nc3ccc(C(=O)Nc4ccc5nc(N(C)C)[nH]c5c4)cc3[nH]2)cc1. The van der Waals surface area contributed by atoms with Crippen LogP contribution in [0.5, 0.6) is 0 Å². The lowest BCUT2D eigenvalue weighted by molar-refractivity contribution is 0.102. The predicted octanol–water partition coefficient (Wildman–Crippen LogP) is 4.49. The molecule has 5 aromatic rings. The van der Waals surface area contributed by atoms with Crippen LogP contribution in [0.4, 0.5) is 17.3 Å². The molecule has 0 atom stereocenters. The minimum Gasteiger partial charge on any atom is -0.378 e. The Morgan fingerprint density at radius 2 is 1.48 bits per heavy atom. The molecule has 0 aliphatic carbocycles. The van der Waals surface area contributed by atoms with Crippen molar-refractivity contribution < 1.29 is 4.79 Å². The van der Waals surface area contributed by atoms with Crippen LogP contribution >= 0.6 is 0 Å². The molecule has 2 aromatic heterocycles. The molecule has 0 fully saturated rings. The molecular weight excluding hydrogens is 414 g/mol. The zero-order valence-corrected chi connectivity index (χ0v) is 19.0. The maximum atomic E-state index is 12.9. The maximum absolute atomic E-state index is 12.9. The van der Waals surface area contributed by atoms with Crippen LogP contribution in [0.2, 0.25) is 0 Å². The fraction of sp³-hybridized carbons (Fsp3) is 0.160. The Kier molecular flexibility index (Phi) is 4.97. The van der Waals surface area contributed by atoms with Crippen LogP contribution < -0.4 is 15.1 Å². The summed E-state index contributed by atoms with van der Waals surface area (Å²) in [5, 5.41) is 2.97. The van der Waals surface area contributed by atoms with E-state index in [9.17, 15) is 4.79 Å². The Hall–Kier alpha value is -4.33. The van der Waals surface area contributed by atoms with Crippen LogP contribution in [0.1, 0.15) is 10.4 Å². The van der Waals surface area contributed by atoms with E-state index in [1.165, 1.54) is 0 Å². The highest BCUT2D eigenvalue weighted by atomic mass is 16.1. The van der Waals surface area contributed by atoms with E-state index < -0.39 is 0 Å². The van der Waals surface area contributed by atoms with E-state index in [-0.39, 0.29) is 5.91 Å². The van der Waals surface area contributed by atoms with Gasteiger partial charge in [0.25, 0.3) is 5.91 Å². The number of rotatable bonds is 5. The van der Waals surface area contributed by atoms with E-state index in [1.54, 1.807) is 6.07 Å². The zero-order chi connectivity index (χ0) is 23.1. The number of hydrogen-bond acceptors (Lipinski definition) is 5. The molecule has 0 saturated carbocycles. The third kappa shape index (κ3) is 3.98. The number of carbonyl (C=O) groups is 1. The minimum absolute atomic E-state index is 0.185. The van der Waals surface area contributed by atoms with Crippen molar-refractivity contribution in [1.82, 2.24) is 19.9 Å². The van der Waals surface area contributed by atoms with E-state index in [2.05, 4.69) is 42.3 Å². The van der Waals surface area contributed by atoms with Crippen LogP contribution in [0.15, 0.2) is 60.7 Å². The number of carbonyl (C=O) groups excluding carboxylic acids is 1. The molecule has 2 heterocycles. The number of nitrogens with zero attached hydrogens (tertiary/aromatic N) is 4. The van der Waals surface area contributed by atoms with Gasteiger partial charge in [0.1, 0.15) is 5.82 Å². The number of H-pyrrole nitrogens is 2. The first-order valence-electron chi connectivity index (χ1n) is 10.6. The van der Waals surface area contributed by atoms with Gasteiger partial charge in [0, 0.05) is 50.7 Å². The van der Waals surface area contributed by atoms with Gasteiger partial charge in [-0.15, -0.1) is 0 Å². The fourth-order valence-corrected chi connectivity index (χ4v) is 3.69. The predicted molar refractivity (Wildman–Crippen MR) is 134 cm³/mol. The Balaban J connectivity index is 1.38. The number of anilines is 3. The van der Waals surface area contributed by atoms with Crippen LogP contribution in [-0.4, -0.2) is 54.0 Å². The first kappa shape index (κ1) is 20.6. The van der Waals surface area contributed by atoms with Crippen molar-refractivity contribution in [3.05, 3.63) is 66.2 Å². The smallest absolute Gasteiger partial charge is 0.255 e. The molecule has 33 heavy (non-hydrogen) atoms. The highest BCUT2D eigenvalue weighted by Gasteiger charge is 2.12. The summed E-state index contributed by atoms with van der Waals surface area (Å²) in [6.45, 7) is 0. The molecule has 0 aliphatic rings. The summed E-state index contributed by atoms with van der Waals surface area (Å²) < 4.78 is 0. The van der Waals surface area contributed by atoms with E-state index in [1.807, 2.05) is 75.6 Å². The molecule has 0 unspecified atom stereocenters. The lowest BCUT2D eigenvalue weighted by Gasteiger charge is -2.11. The van der Waals surface area contributed by atoms with Gasteiger partial charge in [-0.2, -0.15) is 0 Å². The Morgan fingerprint density at radius 3 is 2.21 bits per heavy atom. The van der Waals surface area contributed by atoms with Gasteiger partial charge in [0.2, 0.25) is 5.95 Å². The Bertz CT molecular complexity index is 1460. The number of nitrogens with one attached hydrogen (secondary N) is 3. The standard InChI is InChI=1S/C25H25N7O/c1-31(2)18-9-5-15(6-10-18)23-27-19-11-7-16(13-21(19)28-23)24(33)26-17-8-12-20-22(14-17)30-25(29-20)32(3)4/h5-14H,1-4H3,(H,26,33)(H,27,28)(H,29,30). The third-order valence-corrected chi connectivity index (χ3v) is 5.55. The van der Waals surface area contributed by atoms with Crippen LogP contribution in [-0.2, 0) is 0 Å². The van der Waals surface area contributed by atoms with Crippen molar-refractivity contribution >= 4 is 45.3 Å². The zero-order valence-electron chi connectivity index (χ0n) is 19.0. The summed E-state index contributed by atoms with van der Waals surface area (Å²) in [5.41, 5.74) is 6.72. The highest BCUT2D eigenvalue weighted by molar-refractivity contribution is 6.06. The van der Waals surface area contributed by atoms with Gasteiger partial charge in [-0.25, -0.2) is 9.97 Å². The van der Waals surface area contributed by atoms with Gasteiger partial charge in [-0.3, -0.25) is 4.79 Å². The number of hydrogen-bond donors (Lipinski definition) is 3. The fourth-order valence-electron chi connectivity index (χ4n) is 3.69. The molecule has 0 spiro atoms. The number of fused-ring (bicyclic) bond motifs is 2. The minimum atomic E-state index is -0.185. The molecule has 0 saturated heterocycles. The average Bonchev–Trinajstić information content (AvgIpc) is 3.42. The van der Waals surface area contributed by atoms with Crippen molar-refractivity contribution in [2.24, 2.45) is 0 Å². The molecule has 8 nitrogen and oxygen atoms in total. The second-order valence-corrected chi connectivity index (χ2v) is 8.40. The van der Waals surface area contributed by atoms with E-state index >= 15 is 0 Å². The Morgan fingerprint density at radius 1 is 0.788 bits per heavy atom. The molecule has 0 bridgehead atoms. The monoisotopic (exact) mass is 439 g/mol. The van der Waals surface area contributed by atoms with E-state index in [0.29, 0.717) is 11.3 Å². The quantitative estimate of drug-likeness (QED) is 0.375. The lowest BCUT2D eigenvalue weighted by atomic mass is 10.2. The second-order valence-electron chi connectivity index (χ2n) is 8.40. The van der Waals surface area contributed by atoms with Crippen molar-refractivity contribution in [3.8, 4) is 11.4 Å². The molecule has 3 aromatic carbocycles. The molecule has 166 valence electrons. The molecule has 3 N–H and O–H groups in total. The van der Waals surface area contributed by atoms with E-state index in [0.717, 1.165) is 45.1 Å². The van der Waals surface area contributed by atoms with Gasteiger partial charge in [0.15, 0.2) is 0 Å². The van der Waals surface area contributed by atoms with Crippen molar-refractivity contribution in [1.29, 1.82) is 0 Å².